The Morgan fingerprint density at radius 1 is 0.926 bits per heavy atom. The lowest BCUT2D eigenvalue weighted by molar-refractivity contribution is 0.102. The van der Waals surface area contributed by atoms with Gasteiger partial charge in [-0.15, -0.1) is 11.3 Å². The summed E-state index contributed by atoms with van der Waals surface area (Å²) in [5.41, 5.74) is 0.772. The molecule has 0 spiro atoms. The van der Waals surface area contributed by atoms with Gasteiger partial charge >= 0.3 is 0 Å². The minimum atomic E-state index is -3.07. The lowest BCUT2D eigenvalue weighted by Gasteiger charge is -2.19. The van der Waals surface area contributed by atoms with Crippen LogP contribution in [-0.2, 0) is 10.9 Å². The summed E-state index contributed by atoms with van der Waals surface area (Å²) >= 11 is 18.9. The summed E-state index contributed by atoms with van der Waals surface area (Å²) in [6, 6.07) is 14.1. The second kappa shape index (κ2) is 8.50. The molecular formula is C17H11Cl3N2O3S2. The van der Waals surface area contributed by atoms with Crippen molar-refractivity contribution in [1.29, 1.82) is 0 Å². The first-order valence-electron chi connectivity index (χ1n) is 7.41. The van der Waals surface area contributed by atoms with Gasteiger partial charge in [0.25, 0.3) is 5.91 Å². The number of rotatable bonds is 5. The Labute approximate surface area is 176 Å². The number of thiophene rings is 1. The van der Waals surface area contributed by atoms with Crippen molar-refractivity contribution in [2.24, 2.45) is 0 Å². The van der Waals surface area contributed by atoms with Gasteiger partial charge in [0.05, 0.1) is 15.6 Å². The van der Waals surface area contributed by atoms with Crippen molar-refractivity contribution in [1.82, 2.24) is 0 Å². The van der Waals surface area contributed by atoms with E-state index in [9.17, 15) is 13.2 Å². The van der Waals surface area contributed by atoms with Crippen LogP contribution in [-0.4, -0.2) is 14.3 Å². The standard InChI is InChI=1S/C17H11Cl3N2O3S2/c18-10-1-4-12(5-2-10)21-17(23)13-9-11(19)3-6-14(13)22(27(24)25)16-8-7-15(20)26-16/h1-9,27H,(H,21,23). The third-order valence-corrected chi connectivity index (χ3v) is 6.06. The fourth-order valence-corrected chi connectivity index (χ4v) is 4.47. The van der Waals surface area contributed by atoms with E-state index in [1.54, 1.807) is 36.4 Å². The van der Waals surface area contributed by atoms with Crippen LogP contribution in [0, 0.1) is 0 Å². The highest BCUT2D eigenvalue weighted by atomic mass is 35.5. The van der Waals surface area contributed by atoms with Crippen molar-refractivity contribution < 1.29 is 13.2 Å². The van der Waals surface area contributed by atoms with Gasteiger partial charge < -0.3 is 5.32 Å². The highest BCUT2D eigenvalue weighted by molar-refractivity contribution is 7.74. The monoisotopic (exact) mass is 460 g/mol. The van der Waals surface area contributed by atoms with Crippen LogP contribution in [0.1, 0.15) is 10.4 Å². The number of carbonyl (C=O) groups excluding carboxylic acids is 1. The number of nitrogens with one attached hydrogen (secondary N) is 1. The summed E-state index contributed by atoms with van der Waals surface area (Å²) < 4.78 is 25.3. The van der Waals surface area contributed by atoms with Crippen molar-refractivity contribution in [3.63, 3.8) is 0 Å². The van der Waals surface area contributed by atoms with Gasteiger partial charge in [-0.1, -0.05) is 34.8 Å². The Hall–Kier alpha value is -1.77. The van der Waals surface area contributed by atoms with Gasteiger partial charge in [0.15, 0.2) is 0 Å². The molecule has 1 aromatic heterocycles. The number of amides is 1. The number of benzene rings is 2. The van der Waals surface area contributed by atoms with Crippen molar-refractivity contribution >= 4 is 79.3 Å². The molecule has 5 nitrogen and oxygen atoms in total. The first kappa shape index (κ1) is 20.0. The Morgan fingerprint density at radius 2 is 1.59 bits per heavy atom. The van der Waals surface area contributed by atoms with Crippen molar-refractivity contribution in [2.45, 2.75) is 0 Å². The van der Waals surface area contributed by atoms with Gasteiger partial charge in [0.2, 0.25) is 10.9 Å². The Kier molecular flexibility index (Phi) is 6.29. The zero-order valence-corrected chi connectivity index (χ0v) is 17.3. The molecule has 0 unspecified atom stereocenters. The van der Waals surface area contributed by atoms with E-state index in [2.05, 4.69) is 5.32 Å². The topological polar surface area (TPSA) is 66.5 Å². The van der Waals surface area contributed by atoms with E-state index in [-0.39, 0.29) is 11.3 Å². The molecule has 0 aliphatic rings. The maximum Gasteiger partial charge on any atom is 0.257 e. The molecule has 1 amide bonds. The Morgan fingerprint density at radius 3 is 2.19 bits per heavy atom. The number of halogens is 3. The summed E-state index contributed by atoms with van der Waals surface area (Å²) in [5.74, 6) is -0.515. The second-order valence-electron chi connectivity index (χ2n) is 5.25. The van der Waals surface area contributed by atoms with Gasteiger partial charge in [-0.3, -0.25) is 4.79 Å². The van der Waals surface area contributed by atoms with E-state index in [0.717, 1.165) is 15.6 Å². The van der Waals surface area contributed by atoms with Crippen LogP contribution < -0.4 is 9.62 Å². The third-order valence-electron chi connectivity index (χ3n) is 3.46. The number of thiol groups is 1. The van der Waals surface area contributed by atoms with Gasteiger partial charge in [-0.05, 0) is 54.6 Å². The van der Waals surface area contributed by atoms with Crippen molar-refractivity contribution in [2.75, 3.05) is 9.62 Å². The van der Waals surface area contributed by atoms with Crippen LogP contribution in [0.5, 0.6) is 0 Å². The molecule has 1 heterocycles. The maximum atomic E-state index is 12.8. The summed E-state index contributed by atoms with van der Waals surface area (Å²) in [5, 5.41) is 3.89. The van der Waals surface area contributed by atoms with Crippen LogP contribution >= 0.6 is 46.1 Å². The summed E-state index contributed by atoms with van der Waals surface area (Å²) in [4.78, 5) is 12.8. The number of hydrogen-bond acceptors (Lipinski definition) is 4. The smallest absolute Gasteiger partial charge is 0.257 e. The molecule has 0 radical (unpaired) electrons. The molecule has 0 saturated carbocycles. The number of anilines is 3. The predicted octanol–water partition coefficient (Wildman–Crippen LogP) is 5.63. The largest absolute Gasteiger partial charge is 0.322 e. The highest BCUT2D eigenvalue weighted by Crippen LogP contribution is 2.37. The molecule has 10 heteroatoms. The van der Waals surface area contributed by atoms with Crippen LogP contribution in [0.25, 0.3) is 0 Å². The van der Waals surface area contributed by atoms with Crippen molar-refractivity contribution in [3.8, 4) is 0 Å². The second-order valence-corrected chi connectivity index (χ2v) is 8.69. The number of carbonyl (C=O) groups is 1. The van der Waals surface area contributed by atoms with Crippen LogP contribution in [0.4, 0.5) is 16.4 Å². The van der Waals surface area contributed by atoms with Crippen LogP contribution in [0.15, 0.2) is 54.6 Å². The van der Waals surface area contributed by atoms with E-state index < -0.39 is 16.8 Å². The first-order valence-corrected chi connectivity index (χ1v) is 10.5. The molecule has 0 atom stereocenters. The molecule has 1 N–H and O–H groups in total. The average Bonchev–Trinajstić information content (AvgIpc) is 3.04. The fourth-order valence-electron chi connectivity index (χ4n) is 2.31. The zero-order chi connectivity index (χ0) is 19.6. The van der Waals surface area contributed by atoms with Gasteiger partial charge in [-0.2, -0.15) is 0 Å². The van der Waals surface area contributed by atoms with Crippen LogP contribution in [0.3, 0.4) is 0 Å². The van der Waals surface area contributed by atoms with Gasteiger partial charge in [0.1, 0.15) is 5.00 Å². The zero-order valence-electron chi connectivity index (χ0n) is 13.4. The molecule has 0 saturated heterocycles. The number of hydrogen-bond donors (Lipinski definition) is 2. The lowest BCUT2D eigenvalue weighted by atomic mass is 10.1. The average molecular weight is 462 g/mol. The summed E-state index contributed by atoms with van der Waals surface area (Å²) in [6.07, 6.45) is 0. The molecule has 2 aromatic carbocycles. The van der Waals surface area contributed by atoms with E-state index >= 15 is 0 Å². The molecule has 3 rings (SSSR count). The third kappa shape index (κ3) is 4.75. The van der Waals surface area contributed by atoms with Gasteiger partial charge in [-0.25, -0.2) is 12.7 Å². The molecule has 0 aliphatic heterocycles. The molecule has 3 aromatic rings. The molecule has 27 heavy (non-hydrogen) atoms. The molecule has 0 fully saturated rings. The fraction of sp³-hybridized carbons (Fsp3) is 0. The highest BCUT2D eigenvalue weighted by Gasteiger charge is 2.22. The predicted molar refractivity (Wildman–Crippen MR) is 113 cm³/mol. The molecule has 0 aliphatic carbocycles. The van der Waals surface area contributed by atoms with E-state index in [1.165, 1.54) is 18.2 Å². The maximum absolute atomic E-state index is 12.8. The lowest BCUT2D eigenvalue weighted by Crippen LogP contribution is -2.20. The van der Waals surface area contributed by atoms with E-state index in [1.807, 2.05) is 0 Å². The quantitative estimate of drug-likeness (QED) is 0.484. The van der Waals surface area contributed by atoms with E-state index in [0.29, 0.717) is 25.1 Å². The first-order chi connectivity index (χ1) is 12.8. The van der Waals surface area contributed by atoms with Gasteiger partial charge in [0, 0.05) is 15.7 Å². The molecular weight excluding hydrogens is 451 g/mol. The minimum absolute atomic E-state index is 0.0983. The molecule has 140 valence electrons. The Bertz CT molecular complexity index is 1060. The minimum Gasteiger partial charge on any atom is -0.322 e. The normalized spacial score (nSPS) is 10.8. The Balaban J connectivity index is 2.03. The van der Waals surface area contributed by atoms with Crippen molar-refractivity contribution in [3.05, 3.63) is 74.5 Å². The summed E-state index contributed by atoms with van der Waals surface area (Å²) in [7, 11) is -3.07. The SMILES string of the molecule is O=C(Nc1ccc(Cl)cc1)c1cc(Cl)ccc1N(c1ccc(Cl)s1)[SH](=O)=O. The summed E-state index contributed by atoms with van der Waals surface area (Å²) in [6.45, 7) is 0. The molecule has 0 bridgehead atoms. The number of nitrogens with zero attached hydrogens (tertiary/aromatic N) is 1. The van der Waals surface area contributed by atoms with Crippen LogP contribution in [0.2, 0.25) is 14.4 Å². The van der Waals surface area contributed by atoms with E-state index in [4.69, 9.17) is 34.8 Å².